The molecule has 270 valence electrons. The summed E-state index contributed by atoms with van der Waals surface area (Å²) in [5.41, 5.74) is 4.75. The highest BCUT2D eigenvalue weighted by Crippen LogP contribution is 2.40. The van der Waals surface area contributed by atoms with Gasteiger partial charge in [0, 0.05) is 35.3 Å². The molecule has 12 aromatic rings. The van der Waals surface area contributed by atoms with Crippen LogP contribution in [0.1, 0.15) is 0 Å². The second-order valence-electron chi connectivity index (χ2n) is 14.2. The van der Waals surface area contributed by atoms with Crippen LogP contribution in [0.5, 0.6) is 0 Å². The van der Waals surface area contributed by atoms with Crippen LogP contribution in [0.2, 0.25) is 0 Å². The number of aromatic nitrogens is 3. The lowest BCUT2D eigenvalue weighted by Crippen LogP contribution is -2.06. The molecule has 0 spiro atoms. The van der Waals surface area contributed by atoms with Crippen LogP contribution in [-0.4, -0.2) is 14.5 Å². The number of rotatable bonds is 4. The summed E-state index contributed by atoms with van der Waals surface area (Å²) in [6.45, 7) is 0. The molecular formula is C47H25N3O7. The maximum Gasteiger partial charge on any atom is 0.345 e. The molecule has 0 aliphatic rings. The van der Waals surface area contributed by atoms with Gasteiger partial charge in [0.15, 0.2) is 22.7 Å². The molecule has 0 N–H and O–H groups in total. The quantitative estimate of drug-likeness (QED) is 0.0981. The van der Waals surface area contributed by atoms with Gasteiger partial charge in [0.1, 0.15) is 16.9 Å². The van der Waals surface area contributed by atoms with Crippen LogP contribution in [0.15, 0.2) is 165 Å². The molecular weight excluding hydrogens is 719 g/mol. The van der Waals surface area contributed by atoms with E-state index in [4.69, 9.17) is 27.1 Å². The Morgan fingerprint density at radius 3 is 1.91 bits per heavy atom. The average molecular weight is 744 g/mol. The van der Waals surface area contributed by atoms with Crippen LogP contribution in [0.25, 0.3) is 122 Å². The smallest absolute Gasteiger partial charge is 0.345 e. The SMILES string of the molecule is Cn1c(-c2cc3oc4cc(-c5cncc(-c6cc7cc8cc9ccccc9cc8cc7oc6=O)n5)oc4c3o2)ccc1-c1cc2ccc3ccccc3c2oc1=O. The Morgan fingerprint density at radius 1 is 0.456 bits per heavy atom. The zero-order chi connectivity index (χ0) is 37.9. The highest BCUT2D eigenvalue weighted by atomic mass is 16.4. The first-order valence-electron chi connectivity index (χ1n) is 18.2. The van der Waals surface area contributed by atoms with Crippen LogP contribution in [0.4, 0.5) is 0 Å². The molecule has 10 nitrogen and oxygen atoms in total. The zero-order valence-corrected chi connectivity index (χ0v) is 29.9. The van der Waals surface area contributed by atoms with E-state index in [1.165, 1.54) is 6.20 Å². The Morgan fingerprint density at radius 2 is 1.09 bits per heavy atom. The first kappa shape index (κ1) is 31.4. The first-order valence-corrected chi connectivity index (χ1v) is 18.2. The molecule has 0 fully saturated rings. The van der Waals surface area contributed by atoms with Gasteiger partial charge in [-0.1, -0.05) is 60.7 Å². The van der Waals surface area contributed by atoms with Crippen molar-refractivity contribution in [2.45, 2.75) is 0 Å². The summed E-state index contributed by atoms with van der Waals surface area (Å²) < 4.78 is 32.4. The molecule has 0 saturated heterocycles. The van der Waals surface area contributed by atoms with Crippen LogP contribution in [0.3, 0.4) is 0 Å². The van der Waals surface area contributed by atoms with Crippen LogP contribution in [0, 0.1) is 0 Å². The number of nitrogens with zero attached hydrogens (tertiary/aromatic N) is 3. The predicted octanol–water partition coefficient (Wildman–Crippen LogP) is 11.2. The van der Waals surface area contributed by atoms with Crippen LogP contribution in [-0.2, 0) is 7.05 Å². The summed E-state index contributed by atoms with van der Waals surface area (Å²) in [6, 6.07) is 39.0. The van der Waals surface area contributed by atoms with Crippen molar-refractivity contribution >= 4 is 76.6 Å². The Bertz CT molecular complexity index is 3780. The van der Waals surface area contributed by atoms with E-state index >= 15 is 0 Å². The average Bonchev–Trinajstić information content (AvgIpc) is 4.00. The minimum Gasteiger partial charge on any atom is -0.449 e. The highest BCUT2D eigenvalue weighted by Gasteiger charge is 2.23. The van der Waals surface area contributed by atoms with Gasteiger partial charge in [0.25, 0.3) is 0 Å². The molecule has 0 unspecified atom stereocenters. The zero-order valence-electron chi connectivity index (χ0n) is 29.9. The Kier molecular flexibility index (Phi) is 6.34. The van der Waals surface area contributed by atoms with Gasteiger partial charge in [0.05, 0.1) is 40.6 Å². The number of hydrogen-bond donors (Lipinski definition) is 0. The lowest BCUT2D eigenvalue weighted by Gasteiger charge is -2.08. The topological polar surface area (TPSA) is 131 Å². The molecule has 0 amide bonds. The summed E-state index contributed by atoms with van der Waals surface area (Å²) in [7, 11) is 1.87. The summed E-state index contributed by atoms with van der Waals surface area (Å²) >= 11 is 0. The lowest BCUT2D eigenvalue weighted by atomic mass is 10.0. The van der Waals surface area contributed by atoms with Crippen molar-refractivity contribution in [2.24, 2.45) is 7.05 Å². The third-order valence-electron chi connectivity index (χ3n) is 10.8. The molecule has 0 bridgehead atoms. The normalized spacial score (nSPS) is 12.1. The van der Waals surface area contributed by atoms with E-state index in [1.54, 1.807) is 24.4 Å². The van der Waals surface area contributed by atoms with Crippen molar-refractivity contribution in [3.05, 3.63) is 155 Å². The maximum atomic E-state index is 13.3. The third-order valence-corrected chi connectivity index (χ3v) is 10.8. The number of hydrogen-bond acceptors (Lipinski definition) is 9. The van der Waals surface area contributed by atoms with Crippen LogP contribution >= 0.6 is 0 Å². The monoisotopic (exact) mass is 743 g/mol. The molecule has 0 saturated carbocycles. The fraction of sp³-hybridized carbons (Fsp3) is 0.0213. The Hall–Kier alpha value is -7.98. The van der Waals surface area contributed by atoms with Gasteiger partial charge in [-0.3, -0.25) is 4.98 Å². The molecule has 57 heavy (non-hydrogen) atoms. The number of furan rings is 3. The summed E-state index contributed by atoms with van der Waals surface area (Å²) in [5.74, 6) is 0.914. The van der Waals surface area contributed by atoms with E-state index in [9.17, 15) is 9.59 Å². The summed E-state index contributed by atoms with van der Waals surface area (Å²) in [6.07, 6.45) is 3.09. The molecule has 7 aromatic heterocycles. The molecule has 0 radical (unpaired) electrons. The molecule has 5 aromatic carbocycles. The second-order valence-corrected chi connectivity index (χ2v) is 14.2. The van der Waals surface area contributed by atoms with E-state index < -0.39 is 11.3 Å². The number of benzene rings is 5. The minimum atomic E-state index is -0.522. The Balaban J connectivity index is 0.885. The standard InChI is InChI=1S/C47H25N3O7/c1-50-36(33-17-27-11-10-24-6-4-5-9-31(24)43(27)57-47(33)52)12-13-37(50)40-21-42-45(55-40)44-41(53-42)20-39(54-44)35-23-48-22-34(49-35)32-18-30-16-28-14-25-7-2-3-8-26(25)15-29(28)19-38(30)56-46(32)51/h2-23H,1H3. The predicted molar refractivity (Wildman–Crippen MR) is 219 cm³/mol. The molecule has 0 atom stereocenters. The number of fused-ring (bicyclic) bond motifs is 9. The van der Waals surface area contributed by atoms with Gasteiger partial charge >= 0.3 is 11.3 Å². The van der Waals surface area contributed by atoms with E-state index in [0.717, 1.165) is 48.8 Å². The molecule has 0 aliphatic heterocycles. The van der Waals surface area contributed by atoms with E-state index in [-0.39, 0.29) is 5.56 Å². The van der Waals surface area contributed by atoms with Crippen molar-refractivity contribution in [1.82, 2.24) is 14.5 Å². The Labute approximate surface area is 319 Å². The van der Waals surface area contributed by atoms with Crippen molar-refractivity contribution < 1.29 is 22.1 Å². The van der Waals surface area contributed by atoms with Gasteiger partial charge < -0.3 is 26.7 Å². The fourth-order valence-corrected chi connectivity index (χ4v) is 8.00. The lowest BCUT2D eigenvalue weighted by molar-refractivity contribution is 0.563. The van der Waals surface area contributed by atoms with Gasteiger partial charge in [-0.15, -0.1) is 0 Å². The molecule has 10 heteroatoms. The second kappa shape index (κ2) is 11.5. The summed E-state index contributed by atoms with van der Waals surface area (Å²) in [4.78, 5) is 35.8. The molecule has 12 rings (SSSR count). The van der Waals surface area contributed by atoms with Gasteiger partial charge in [0.2, 0.25) is 11.2 Å². The van der Waals surface area contributed by atoms with E-state index in [2.05, 4.69) is 29.2 Å². The molecule has 0 aliphatic carbocycles. The van der Waals surface area contributed by atoms with Crippen molar-refractivity contribution in [3.63, 3.8) is 0 Å². The maximum absolute atomic E-state index is 13.3. The first-order chi connectivity index (χ1) is 27.9. The summed E-state index contributed by atoms with van der Waals surface area (Å²) in [5, 5.41) is 7.74. The minimum absolute atomic E-state index is 0.280. The van der Waals surface area contributed by atoms with Gasteiger partial charge in [-0.25, -0.2) is 14.6 Å². The van der Waals surface area contributed by atoms with E-state index in [1.807, 2.05) is 90.5 Å². The highest BCUT2D eigenvalue weighted by molar-refractivity contribution is 6.06. The van der Waals surface area contributed by atoms with Crippen molar-refractivity contribution in [1.29, 1.82) is 0 Å². The van der Waals surface area contributed by atoms with E-state index in [0.29, 0.717) is 67.7 Å². The van der Waals surface area contributed by atoms with Crippen LogP contribution < -0.4 is 11.3 Å². The fourth-order valence-electron chi connectivity index (χ4n) is 8.00. The van der Waals surface area contributed by atoms with Crippen molar-refractivity contribution in [3.8, 4) is 45.4 Å². The largest absolute Gasteiger partial charge is 0.449 e. The van der Waals surface area contributed by atoms with Gasteiger partial charge in [-0.2, -0.15) is 0 Å². The third kappa shape index (κ3) is 4.77. The molecule has 7 heterocycles. The van der Waals surface area contributed by atoms with Gasteiger partial charge in [-0.05, 0) is 75.5 Å². The van der Waals surface area contributed by atoms with Crippen molar-refractivity contribution in [2.75, 3.05) is 0 Å².